The molecule has 0 radical (unpaired) electrons. The summed E-state index contributed by atoms with van der Waals surface area (Å²) < 4.78 is 0. The molecule has 1 fully saturated rings. The molecule has 1 aromatic heterocycles. The number of carbonyl (C=O) groups excluding carboxylic acids is 2. The summed E-state index contributed by atoms with van der Waals surface area (Å²) in [6, 6.07) is 16.8. The van der Waals surface area contributed by atoms with Crippen molar-refractivity contribution < 1.29 is 9.59 Å². The number of rotatable bonds is 6. The van der Waals surface area contributed by atoms with Crippen LogP contribution in [0.1, 0.15) is 51.6 Å². The largest absolute Gasteiger partial charge is 0.371 e. The monoisotopic (exact) mass is 442 g/mol. The number of aromatic nitrogens is 1. The molecule has 2 heterocycles. The zero-order valence-corrected chi connectivity index (χ0v) is 19.2. The van der Waals surface area contributed by atoms with Crippen LogP contribution in [0.25, 0.3) is 0 Å². The summed E-state index contributed by atoms with van der Waals surface area (Å²) in [6.07, 6.45) is 5.65. The van der Waals surface area contributed by atoms with E-state index in [4.69, 9.17) is 0 Å². The third kappa shape index (κ3) is 5.77. The van der Waals surface area contributed by atoms with E-state index in [0.29, 0.717) is 29.3 Å². The Kier molecular flexibility index (Phi) is 7.03. The number of nitrogens with zero attached hydrogens (tertiary/aromatic N) is 2. The van der Waals surface area contributed by atoms with Crippen molar-refractivity contribution in [3.63, 3.8) is 0 Å². The number of piperidine rings is 1. The molecule has 0 aliphatic carbocycles. The molecule has 6 nitrogen and oxygen atoms in total. The molecule has 0 atom stereocenters. The number of carbonyl (C=O) groups is 2. The van der Waals surface area contributed by atoms with E-state index in [9.17, 15) is 9.59 Å². The van der Waals surface area contributed by atoms with Crippen molar-refractivity contribution in [2.75, 3.05) is 23.3 Å². The fourth-order valence-electron chi connectivity index (χ4n) is 4.01. The van der Waals surface area contributed by atoms with E-state index in [1.54, 1.807) is 30.6 Å². The predicted molar refractivity (Wildman–Crippen MR) is 132 cm³/mol. The summed E-state index contributed by atoms with van der Waals surface area (Å²) in [5.41, 5.74) is 4.68. The first-order valence-corrected chi connectivity index (χ1v) is 11.4. The molecule has 6 heteroatoms. The molecule has 2 amide bonds. The number of amides is 2. The third-order valence-corrected chi connectivity index (χ3v) is 6.11. The van der Waals surface area contributed by atoms with E-state index >= 15 is 0 Å². The lowest BCUT2D eigenvalue weighted by atomic mass is 9.97. The average molecular weight is 443 g/mol. The van der Waals surface area contributed by atoms with Crippen molar-refractivity contribution in [1.82, 2.24) is 10.3 Å². The summed E-state index contributed by atoms with van der Waals surface area (Å²) in [5, 5.41) is 5.94. The minimum atomic E-state index is -0.198. The second kappa shape index (κ2) is 10.3. The van der Waals surface area contributed by atoms with Gasteiger partial charge in [-0.15, -0.1) is 0 Å². The summed E-state index contributed by atoms with van der Waals surface area (Å²) in [5.74, 6) is 0.326. The highest BCUT2D eigenvalue weighted by Crippen LogP contribution is 2.29. The van der Waals surface area contributed by atoms with E-state index < -0.39 is 0 Å². The number of benzene rings is 2. The van der Waals surface area contributed by atoms with Crippen molar-refractivity contribution in [1.29, 1.82) is 0 Å². The highest BCUT2D eigenvalue weighted by Gasteiger charge is 2.22. The van der Waals surface area contributed by atoms with Crippen LogP contribution in [0.5, 0.6) is 0 Å². The number of pyridine rings is 1. The van der Waals surface area contributed by atoms with Gasteiger partial charge in [-0.2, -0.15) is 0 Å². The van der Waals surface area contributed by atoms with Gasteiger partial charge in [0.1, 0.15) is 0 Å². The van der Waals surface area contributed by atoms with Crippen molar-refractivity contribution in [2.24, 2.45) is 5.92 Å². The fourth-order valence-corrected chi connectivity index (χ4v) is 4.01. The van der Waals surface area contributed by atoms with Crippen molar-refractivity contribution >= 4 is 23.2 Å². The molecule has 0 unspecified atom stereocenters. The molecule has 1 aliphatic heterocycles. The number of hydrogen-bond acceptors (Lipinski definition) is 4. The van der Waals surface area contributed by atoms with Crippen LogP contribution in [-0.4, -0.2) is 29.9 Å². The van der Waals surface area contributed by atoms with Gasteiger partial charge in [0.05, 0.1) is 5.56 Å². The van der Waals surface area contributed by atoms with Gasteiger partial charge in [-0.3, -0.25) is 14.6 Å². The van der Waals surface area contributed by atoms with Gasteiger partial charge >= 0.3 is 0 Å². The minimum Gasteiger partial charge on any atom is -0.371 e. The standard InChI is InChI=1S/C27H30N4O2/c1-19-5-7-22(8-6-19)26(32)30-23-9-10-25(31-14-11-20(2)12-15-31)24(16-23)27(33)29-18-21-4-3-13-28-17-21/h3-10,13,16-17,20H,11-12,14-15,18H2,1-2H3,(H,29,33)(H,30,32). The highest BCUT2D eigenvalue weighted by molar-refractivity contribution is 6.06. The Morgan fingerprint density at radius 2 is 1.79 bits per heavy atom. The lowest BCUT2D eigenvalue weighted by Crippen LogP contribution is -2.35. The Hall–Kier alpha value is -3.67. The minimum absolute atomic E-state index is 0.168. The Morgan fingerprint density at radius 1 is 1.03 bits per heavy atom. The van der Waals surface area contributed by atoms with Crippen LogP contribution in [0.15, 0.2) is 67.0 Å². The summed E-state index contributed by atoms with van der Waals surface area (Å²) >= 11 is 0. The number of anilines is 2. The molecular formula is C27H30N4O2. The first-order chi connectivity index (χ1) is 16.0. The number of nitrogens with one attached hydrogen (secondary N) is 2. The topological polar surface area (TPSA) is 74.3 Å². The Bertz CT molecular complexity index is 1100. The molecule has 170 valence electrons. The first kappa shape index (κ1) is 22.5. The van der Waals surface area contributed by atoms with Crippen molar-refractivity contribution in [2.45, 2.75) is 33.2 Å². The second-order valence-corrected chi connectivity index (χ2v) is 8.77. The molecule has 0 bridgehead atoms. The van der Waals surface area contributed by atoms with E-state index in [1.165, 1.54) is 0 Å². The van der Waals surface area contributed by atoms with Crippen LogP contribution < -0.4 is 15.5 Å². The zero-order valence-electron chi connectivity index (χ0n) is 19.2. The Labute approximate surface area is 195 Å². The predicted octanol–water partition coefficient (Wildman–Crippen LogP) is 4.81. The molecule has 1 aliphatic rings. The van der Waals surface area contributed by atoms with Crippen LogP contribution in [0, 0.1) is 12.8 Å². The maximum atomic E-state index is 13.2. The normalized spacial score (nSPS) is 14.1. The molecule has 2 N–H and O–H groups in total. The zero-order chi connectivity index (χ0) is 23.2. The lowest BCUT2D eigenvalue weighted by molar-refractivity contribution is 0.0950. The van der Waals surface area contributed by atoms with Crippen LogP contribution in [0.4, 0.5) is 11.4 Å². The third-order valence-electron chi connectivity index (χ3n) is 6.11. The molecule has 4 rings (SSSR count). The van der Waals surface area contributed by atoms with E-state index in [0.717, 1.165) is 42.7 Å². The molecule has 0 spiro atoms. The Balaban J connectivity index is 1.56. The highest BCUT2D eigenvalue weighted by atomic mass is 16.2. The first-order valence-electron chi connectivity index (χ1n) is 11.4. The van der Waals surface area contributed by atoms with Gasteiger partial charge in [0.15, 0.2) is 0 Å². The quantitative estimate of drug-likeness (QED) is 0.575. The van der Waals surface area contributed by atoms with Crippen LogP contribution in [-0.2, 0) is 6.54 Å². The molecular weight excluding hydrogens is 412 g/mol. The van der Waals surface area contributed by atoms with E-state index in [2.05, 4.69) is 27.4 Å². The Morgan fingerprint density at radius 3 is 2.48 bits per heavy atom. The van der Waals surface area contributed by atoms with Crippen LogP contribution in [0.3, 0.4) is 0 Å². The second-order valence-electron chi connectivity index (χ2n) is 8.77. The molecule has 33 heavy (non-hydrogen) atoms. The average Bonchev–Trinajstić information content (AvgIpc) is 2.84. The summed E-state index contributed by atoms with van der Waals surface area (Å²) in [6.45, 7) is 6.47. The summed E-state index contributed by atoms with van der Waals surface area (Å²) in [4.78, 5) is 32.3. The van der Waals surface area contributed by atoms with Gasteiger partial charge in [-0.25, -0.2) is 0 Å². The molecule has 0 saturated carbocycles. The SMILES string of the molecule is Cc1ccc(C(=O)Nc2ccc(N3CCC(C)CC3)c(C(=O)NCc3cccnc3)c2)cc1. The van der Waals surface area contributed by atoms with Crippen LogP contribution >= 0.6 is 0 Å². The lowest BCUT2D eigenvalue weighted by Gasteiger charge is -2.33. The maximum Gasteiger partial charge on any atom is 0.255 e. The smallest absolute Gasteiger partial charge is 0.255 e. The van der Waals surface area contributed by atoms with Gasteiger partial charge in [-0.1, -0.05) is 30.7 Å². The van der Waals surface area contributed by atoms with E-state index in [-0.39, 0.29) is 11.8 Å². The van der Waals surface area contributed by atoms with Crippen molar-refractivity contribution in [3.8, 4) is 0 Å². The van der Waals surface area contributed by atoms with E-state index in [1.807, 2.05) is 43.3 Å². The number of hydrogen-bond donors (Lipinski definition) is 2. The van der Waals surface area contributed by atoms with Gasteiger partial charge in [0.25, 0.3) is 11.8 Å². The number of aryl methyl sites for hydroxylation is 1. The van der Waals surface area contributed by atoms with Crippen molar-refractivity contribution in [3.05, 3.63) is 89.2 Å². The molecule has 3 aromatic rings. The summed E-state index contributed by atoms with van der Waals surface area (Å²) in [7, 11) is 0. The fraction of sp³-hybridized carbons (Fsp3) is 0.296. The van der Waals surface area contributed by atoms with Gasteiger partial charge in [0, 0.05) is 49.0 Å². The molecule has 2 aromatic carbocycles. The van der Waals surface area contributed by atoms with Crippen LogP contribution in [0.2, 0.25) is 0 Å². The van der Waals surface area contributed by atoms with Gasteiger partial charge < -0.3 is 15.5 Å². The molecule has 1 saturated heterocycles. The maximum absolute atomic E-state index is 13.2. The van der Waals surface area contributed by atoms with Gasteiger partial charge in [-0.05, 0) is 67.6 Å². The van der Waals surface area contributed by atoms with Gasteiger partial charge in [0.2, 0.25) is 0 Å².